The quantitative estimate of drug-likeness (QED) is 0.311. The maximum Gasteiger partial charge on any atom is 0.231 e. The lowest BCUT2D eigenvalue weighted by Gasteiger charge is -2.20. The minimum absolute atomic E-state index is 0.0292. The molecule has 0 heterocycles. The summed E-state index contributed by atoms with van der Waals surface area (Å²) in [5, 5.41) is 12.9. The van der Waals surface area contributed by atoms with Crippen molar-refractivity contribution in [1.29, 1.82) is 0 Å². The van der Waals surface area contributed by atoms with Crippen molar-refractivity contribution in [3.05, 3.63) is 36.1 Å². The fourth-order valence-electron chi connectivity index (χ4n) is 1.40. The second kappa shape index (κ2) is 11.9. The van der Waals surface area contributed by atoms with E-state index in [1.165, 1.54) is 4.90 Å². The fourth-order valence-corrected chi connectivity index (χ4v) is 1.57. The highest BCUT2D eigenvalue weighted by Crippen LogP contribution is 1.99. The molecule has 1 amide bonds. The molecule has 0 aliphatic carbocycles. The average molecular weight is 326 g/mol. The Morgan fingerprint density at radius 1 is 1.41 bits per heavy atom. The van der Waals surface area contributed by atoms with E-state index in [4.69, 9.17) is 17.0 Å². The van der Waals surface area contributed by atoms with E-state index in [9.17, 15) is 9.90 Å². The van der Waals surface area contributed by atoms with Gasteiger partial charge in [-0.25, -0.2) is 0 Å². The number of ether oxygens (including phenoxy) is 1. The van der Waals surface area contributed by atoms with Gasteiger partial charge < -0.3 is 15.2 Å². The number of nitrogens with zero attached hydrogens (tertiary/aromatic N) is 1. The molecule has 6 heteroatoms. The lowest BCUT2D eigenvalue weighted by atomic mass is 10.2. The minimum atomic E-state index is -0.0938. The van der Waals surface area contributed by atoms with Crippen LogP contribution in [0.15, 0.2) is 36.1 Å². The first-order valence-electron chi connectivity index (χ1n) is 7.25. The second-order valence-electron chi connectivity index (χ2n) is 4.82. The smallest absolute Gasteiger partial charge is 0.231 e. The van der Waals surface area contributed by atoms with Crippen LogP contribution in [0.4, 0.5) is 0 Å². The second-order valence-corrected chi connectivity index (χ2v) is 5.21. The predicted molar refractivity (Wildman–Crippen MR) is 93.7 cm³/mol. The van der Waals surface area contributed by atoms with Crippen molar-refractivity contribution in [2.75, 3.05) is 26.8 Å². The van der Waals surface area contributed by atoms with Gasteiger partial charge in [0.05, 0.1) is 6.61 Å². The average Bonchev–Trinajstić information content (AvgIpc) is 2.49. The van der Waals surface area contributed by atoms with Gasteiger partial charge >= 0.3 is 0 Å². The molecule has 5 nitrogen and oxygen atoms in total. The van der Waals surface area contributed by atoms with Gasteiger partial charge in [-0.1, -0.05) is 32.1 Å². The highest BCUT2D eigenvalue weighted by Gasteiger charge is 2.15. The third-order valence-electron chi connectivity index (χ3n) is 2.61. The molecular formula is C16H26N2O3S. The van der Waals surface area contributed by atoms with Crippen LogP contribution in [-0.2, 0) is 9.53 Å². The van der Waals surface area contributed by atoms with Crippen molar-refractivity contribution in [3.63, 3.8) is 0 Å². The highest BCUT2D eigenvalue weighted by molar-refractivity contribution is 7.80. The van der Waals surface area contributed by atoms with E-state index in [0.717, 1.165) is 0 Å². The molecule has 0 aromatic heterocycles. The summed E-state index contributed by atoms with van der Waals surface area (Å²) >= 11 is 5.13. The van der Waals surface area contributed by atoms with Crippen LogP contribution in [0.1, 0.15) is 20.8 Å². The molecule has 0 bridgehead atoms. The van der Waals surface area contributed by atoms with Gasteiger partial charge in [0.25, 0.3) is 0 Å². The van der Waals surface area contributed by atoms with E-state index in [1.807, 2.05) is 20.8 Å². The number of amides is 1. The van der Waals surface area contributed by atoms with Crippen LogP contribution in [0.2, 0.25) is 0 Å². The van der Waals surface area contributed by atoms with Crippen LogP contribution in [0.25, 0.3) is 0 Å². The van der Waals surface area contributed by atoms with Crippen LogP contribution in [-0.4, -0.2) is 47.8 Å². The molecule has 2 N–H and O–H groups in total. The summed E-state index contributed by atoms with van der Waals surface area (Å²) in [5.74, 6) is 0.0211. The SMILES string of the molecule is CCOC/C=C/C(O)=C\C=C\CNC(=S)N(C)C(=O)C(C)C. The molecule has 0 unspecified atom stereocenters. The zero-order chi connectivity index (χ0) is 17.0. The van der Waals surface area contributed by atoms with Crippen LogP contribution in [0.5, 0.6) is 0 Å². The molecule has 0 aromatic rings. The van der Waals surface area contributed by atoms with Gasteiger partial charge in [-0.3, -0.25) is 9.69 Å². The van der Waals surface area contributed by atoms with Crippen molar-refractivity contribution in [2.45, 2.75) is 20.8 Å². The normalized spacial score (nSPS) is 12.3. The van der Waals surface area contributed by atoms with Crippen LogP contribution < -0.4 is 5.32 Å². The third-order valence-corrected chi connectivity index (χ3v) is 3.03. The van der Waals surface area contributed by atoms with Gasteiger partial charge in [-0.05, 0) is 31.3 Å². The molecule has 0 aliphatic heterocycles. The van der Waals surface area contributed by atoms with Gasteiger partial charge in [-0.15, -0.1) is 0 Å². The molecule has 0 rings (SSSR count). The molecule has 0 fully saturated rings. The van der Waals surface area contributed by atoms with Crippen molar-refractivity contribution < 1.29 is 14.6 Å². The van der Waals surface area contributed by atoms with Gasteiger partial charge in [0, 0.05) is 26.1 Å². The Morgan fingerprint density at radius 3 is 2.68 bits per heavy atom. The molecule has 0 aromatic carbocycles. The van der Waals surface area contributed by atoms with Crippen LogP contribution in [0, 0.1) is 5.92 Å². The number of aliphatic hydroxyl groups excluding tert-OH is 1. The van der Waals surface area contributed by atoms with E-state index >= 15 is 0 Å². The number of nitrogens with one attached hydrogen (secondary N) is 1. The molecule has 0 spiro atoms. The van der Waals surface area contributed by atoms with Crippen LogP contribution >= 0.6 is 12.2 Å². The Hall–Kier alpha value is -1.66. The molecule has 0 saturated carbocycles. The van der Waals surface area contributed by atoms with E-state index in [1.54, 1.807) is 37.4 Å². The Bertz CT molecular complexity index is 443. The highest BCUT2D eigenvalue weighted by atomic mass is 32.1. The summed E-state index contributed by atoms with van der Waals surface area (Å²) in [7, 11) is 1.65. The summed E-state index contributed by atoms with van der Waals surface area (Å²) in [6.45, 7) is 7.16. The summed E-state index contributed by atoms with van der Waals surface area (Å²) in [5.41, 5.74) is 0. The van der Waals surface area contributed by atoms with E-state index in [2.05, 4.69) is 5.32 Å². The number of aliphatic hydroxyl groups is 1. The lowest BCUT2D eigenvalue weighted by Crippen LogP contribution is -2.42. The Balaban J connectivity index is 4.11. The maximum atomic E-state index is 11.7. The fraction of sp³-hybridized carbons (Fsp3) is 0.500. The number of allylic oxidation sites excluding steroid dienone is 3. The lowest BCUT2D eigenvalue weighted by molar-refractivity contribution is -0.129. The van der Waals surface area contributed by atoms with Crippen molar-refractivity contribution in [2.24, 2.45) is 5.92 Å². The molecule has 0 aliphatic rings. The summed E-state index contributed by atoms with van der Waals surface area (Å²) in [4.78, 5) is 13.2. The molecule has 0 atom stereocenters. The molecule has 0 saturated heterocycles. The number of carbonyl (C=O) groups excluding carboxylic acids is 1. The first kappa shape index (κ1) is 20.3. The summed E-state index contributed by atoms with van der Waals surface area (Å²) < 4.78 is 5.11. The minimum Gasteiger partial charge on any atom is -0.508 e. The first-order chi connectivity index (χ1) is 10.4. The van der Waals surface area contributed by atoms with Crippen molar-refractivity contribution in [3.8, 4) is 0 Å². The van der Waals surface area contributed by atoms with Crippen molar-refractivity contribution >= 4 is 23.2 Å². The largest absolute Gasteiger partial charge is 0.508 e. The molecule has 124 valence electrons. The van der Waals surface area contributed by atoms with E-state index in [0.29, 0.717) is 24.9 Å². The molecule has 22 heavy (non-hydrogen) atoms. The number of thiocarbonyl (C=S) groups is 1. The van der Waals surface area contributed by atoms with Gasteiger partial charge in [0.1, 0.15) is 5.76 Å². The maximum absolute atomic E-state index is 11.7. The zero-order valence-electron chi connectivity index (χ0n) is 13.7. The monoisotopic (exact) mass is 326 g/mol. The van der Waals surface area contributed by atoms with Gasteiger partial charge in [-0.2, -0.15) is 0 Å². The van der Waals surface area contributed by atoms with Gasteiger partial charge in [0.2, 0.25) is 5.91 Å². The number of carbonyl (C=O) groups is 1. The molecular weight excluding hydrogens is 300 g/mol. The predicted octanol–water partition coefficient (Wildman–Crippen LogP) is 2.57. The Labute approximate surface area is 138 Å². The molecule has 0 radical (unpaired) electrons. The topological polar surface area (TPSA) is 61.8 Å². The Kier molecular flexibility index (Phi) is 11.0. The Morgan fingerprint density at radius 2 is 2.09 bits per heavy atom. The van der Waals surface area contributed by atoms with Crippen molar-refractivity contribution in [1.82, 2.24) is 10.2 Å². The summed E-state index contributed by atoms with van der Waals surface area (Å²) in [6.07, 6.45) is 8.39. The zero-order valence-corrected chi connectivity index (χ0v) is 14.5. The van der Waals surface area contributed by atoms with E-state index < -0.39 is 0 Å². The first-order valence-corrected chi connectivity index (χ1v) is 7.66. The van der Waals surface area contributed by atoms with E-state index in [-0.39, 0.29) is 17.6 Å². The number of hydrogen-bond donors (Lipinski definition) is 2. The summed E-state index contributed by atoms with van der Waals surface area (Å²) in [6, 6.07) is 0. The number of rotatable bonds is 8. The van der Waals surface area contributed by atoms with Crippen LogP contribution in [0.3, 0.4) is 0 Å². The van der Waals surface area contributed by atoms with Gasteiger partial charge in [0.15, 0.2) is 5.11 Å². The standard InChI is InChI=1S/C16H26N2O3S/c1-5-21-12-8-10-14(19)9-6-7-11-17-16(22)18(4)15(20)13(2)3/h6-10,13,19H,5,11-12H2,1-4H3,(H,17,22)/b7-6+,10-8+,14-9+. The third kappa shape index (κ3) is 9.31. The number of hydrogen-bond acceptors (Lipinski definition) is 4.